The van der Waals surface area contributed by atoms with E-state index in [2.05, 4.69) is 47.5 Å². The van der Waals surface area contributed by atoms with Gasteiger partial charge in [0.15, 0.2) is 0 Å². The fraction of sp³-hybridized carbons (Fsp3) is 0.684. The Morgan fingerprint density at radius 2 is 1.86 bits per heavy atom. The van der Waals surface area contributed by atoms with Crippen molar-refractivity contribution in [1.82, 2.24) is 10.2 Å². The Morgan fingerprint density at radius 3 is 2.57 bits per heavy atom. The first-order valence-electron chi connectivity index (χ1n) is 8.88. The van der Waals surface area contributed by atoms with Crippen LogP contribution in [0, 0.1) is 5.92 Å². The topological polar surface area (TPSA) is 15.3 Å². The number of hydrogen-bond donors (Lipinski definition) is 1. The van der Waals surface area contributed by atoms with E-state index in [1.54, 1.807) is 0 Å². The Balaban J connectivity index is 1.58. The quantitative estimate of drug-likeness (QED) is 0.911. The maximum Gasteiger partial charge on any atom is 0.0249 e. The second kappa shape index (κ2) is 7.42. The van der Waals surface area contributed by atoms with E-state index in [0.29, 0.717) is 6.04 Å². The average molecular weight is 286 g/mol. The van der Waals surface area contributed by atoms with Gasteiger partial charge in [-0.25, -0.2) is 0 Å². The van der Waals surface area contributed by atoms with Crippen molar-refractivity contribution in [3.63, 3.8) is 0 Å². The highest BCUT2D eigenvalue weighted by Crippen LogP contribution is 2.30. The number of piperazine rings is 1. The second-order valence-corrected chi connectivity index (χ2v) is 6.85. The van der Waals surface area contributed by atoms with Crippen LogP contribution < -0.4 is 5.32 Å². The molecule has 2 heteroatoms. The summed E-state index contributed by atoms with van der Waals surface area (Å²) in [5.41, 5.74) is 1.46. The summed E-state index contributed by atoms with van der Waals surface area (Å²) in [6, 6.07) is 12.3. The first-order chi connectivity index (χ1) is 10.4. The van der Waals surface area contributed by atoms with Gasteiger partial charge in [0.1, 0.15) is 0 Å². The van der Waals surface area contributed by atoms with Crippen LogP contribution in [0.25, 0.3) is 0 Å². The molecule has 2 aliphatic rings. The zero-order chi connectivity index (χ0) is 14.5. The Morgan fingerprint density at radius 1 is 1.10 bits per heavy atom. The van der Waals surface area contributed by atoms with Crippen LogP contribution in [-0.4, -0.2) is 36.6 Å². The lowest BCUT2D eigenvalue weighted by atomic mass is 9.82. The zero-order valence-electron chi connectivity index (χ0n) is 13.4. The van der Waals surface area contributed by atoms with E-state index in [0.717, 1.165) is 18.4 Å². The highest BCUT2D eigenvalue weighted by molar-refractivity contribution is 5.16. The van der Waals surface area contributed by atoms with E-state index in [4.69, 9.17) is 0 Å². The van der Waals surface area contributed by atoms with E-state index in [1.165, 1.54) is 57.3 Å². The summed E-state index contributed by atoms with van der Waals surface area (Å²) in [6.45, 7) is 5.94. The molecule has 0 aromatic heterocycles. The molecule has 2 atom stereocenters. The van der Waals surface area contributed by atoms with Gasteiger partial charge in [0, 0.05) is 25.2 Å². The monoisotopic (exact) mass is 286 g/mol. The summed E-state index contributed by atoms with van der Waals surface area (Å²) in [5, 5.41) is 3.84. The van der Waals surface area contributed by atoms with Gasteiger partial charge in [-0.05, 0) is 37.3 Å². The lowest BCUT2D eigenvalue weighted by Crippen LogP contribution is -2.59. The van der Waals surface area contributed by atoms with Crippen molar-refractivity contribution >= 4 is 0 Å². The van der Waals surface area contributed by atoms with Gasteiger partial charge >= 0.3 is 0 Å². The van der Waals surface area contributed by atoms with Crippen LogP contribution in [0.5, 0.6) is 0 Å². The number of nitrogens with zero attached hydrogens (tertiary/aromatic N) is 1. The van der Waals surface area contributed by atoms with E-state index in [-0.39, 0.29) is 0 Å². The highest BCUT2D eigenvalue weighted by Gasteiger charge is 2.32. The molecule has 2 fully saturated rings. The van der Waals surface area contributed by atoms with Crippen LogP contribution in [0.1, 0.15) is 44.6 Å². The van der Waals surface area contributed by atoms with Gasteiger partial charge in [-0.1, -0.05) is 56.5 Å². The van der Waals surface area contributed by atoms with Gasteiger partial charge < -0.3 is 5.32 Å². The van der Waals surface area contributed by atoms with Crippen molar-refractivity contribution in [2.45, 2.75) is 57.5 Å². The predicted octanol–water partition coefficient (Wildman–Crippen LogP) is 3.47. The molecule has 1 aromatic carbocycles. The number of rotatable bonds is 4. The standard InChI is InChI=1S/C19H30N2/c1-2-21-15-18(13-16-9-5-3-6-10-16)20-14-19(21)17-11-7-4-8-12-17/h3,5-6,9-10,17-20H,2,4,7-8,11-15H2,1H3. The number of benzene rings is 1. The molecule has 1 heterocycles. The molecule has 0 radical (unpaired) electrons. The Bertz CT molecular complexity index is 411. The molecular formula is C19H30N2. The minimum atomic E-state index is 0.618. The Labute approximate surface area is 129 Å². The molecule has 3 rings (SSSR count). The molecule has 1 aliphatic carbocycles. The van der Waals surface area contributed by atoms with Gasteiger partial charge in [-0.15, -0.1) is 0 Å². The predicted molar refractivity (Wildman–Crippen MR) is 89.5 cm³/mol. The largest absolute Gasteiger partial charge is 0.311 e. The maximum atomic E-state index is 3.84. The summed E-state index contributed by atoms with van der Waals surface area (Å²) in [4.78, 5) is 2.75. The SMILES string of the molecule is CCN1CC(Cc2ccccc2)NCC1C1CCCCC1. The molecule has 1 aromatic rings. The third kappa shape index (κ3) is 3.87. The van der Waals surface area contributed by atoms with Gasteiger partial charge in [0.05, 0.1) is 0 Å². The van der Waals surface area contributed by atoms with Crippen molar-refractivity contribution < 1.29 is 0 Å². The Kier molecular flexibility index (Phi) is 5.32. The zero-order valence-corrected chi connectivity index (χ0v) is 13.4. The molecular weight excluding hydrogens is 256 g/mol. The van der Waals surface area contributed by atoms with Crippen molar-refractivity contribution in [2.75, 3.05) is 19.6 Å². The summed E-state index contributed by atoms with van der Waals surface area (Å²) < 4.78 is 0. The van der Waals surface area contributed by atoms with Gasteiger partial charge in [-0.2, -0.15) is 0 Å². The van der Waals surface area contributed by atoms with Crippen molar-refractivity contribution in [2.24, 2.45) is 5.92 Å². The van der Waals surface area contributed by atoms with Crippen molar-refractivity contribution in [3.8, 4) is 0 Å². The van der Waals surface area contributed by atoms with Crippen LogP contribution in [-0.2, 0) is 6.42 Å². The summed E-state index contributed by atoms with van der Waals surface area (Å²) >= 11 is 0. The van der Waals surface area contributed by atoms with Gasteiger partial charge in [0.2, 0.25) is 0 Å². The molecule has 0 spiro atoms. The van der Waals surface area contributed by atoms with Crippen LogP contribution >= 0.6 is 0 Å². The van der Waals surface area contributed by atoms with Crippen LogP contribution in [0.3, 0.4) is 0 Å². The number of nitrogens with one attached hydrogen (secondary N) is 1. The summed E-state index contributed by atoms with van der Waals surface area (Å²) in [5.74, 6) is 0.934. The molecule has 21 heavy (non-hydrogen) atoms. The lowest BCUT2D eigenvalue weighted by Gasteiger charge is -2.44. The molecule has 116 valence electrons. The molecule has 2 unspecified atom stereocenters. The average Bonchev–Trinajstić information content (AvgIpc) is 2.56. The van der Waals surface area contributed by atoms with E-state index < -0.39 is 0 Å². The summed E-state index contributed by atoms with van der Waals surface area (Å²) in [6.07, 6.45) is 8.42. The number of hydrogen-bond acceptors (Lipinski definition) is 2. The van der Waals surface area contributed by atoms with Crippen LogP contribution in [0.2, 0.25) is 0 Å². The third-order valence-electron chi connectivity index (χ3n) is 5.46. The molecule has 0 bridgehead atoms. The lowest BCUT2D eigenvalue weighted by molar-refractivity contribution is 0.0767. The van der Waals surface area contributed by atoms with E-state index in [9.17, 15) is 0 Å². The molecule has 1 N–H and O–H groups in total. The van der Waals surface area contributed by atoms with E-state index in [1.807, 2.05) is 0 Å². The Hall–Kier alpha value is -0.860. The minimum Gasteiger partial charge on any atom is -0.311 e. The third-order valence-corrected chi connectivity index (χ3v) is 5.46. The minimum absolute atomic E-state index is 0.618. The number of likely N-dealkylation sites (N-methyl/N-ethyl adjacent to an activating group) is 1. The highest BCUT2D eigenvalue weighted by atomic mass is 15.2. The normalized spacial score (nSPS) is 28.6. The second-order valence-electron chi connectivity index (χ2n) is 6.85. The first kappa shape index (κ1) is 15.1. The van der Waals surface area contributed by atoms with E-state index >= 15 is 0 Å². The van der Waals surface area contributed by atoms with Crippen LogP contribution in [0.15, 0.2) is 30.3 Å². The van der Waals surface area contributed by atoms with Crippen LogP contribution in [0.4, 0.5) is 0 Å². The van der Waals surface area contributed by atoms with Gasteiger partial charge in [0.25, 0.3) is 0 Å². The van der Waals surface area contributed by atoms with Crippen molar-refractivity contribution in [1.29, 1.82) is 0 Å². The smallest absolute Gasteiger partial charge is 0.0249 e. The maximum absolute atomic E-state index is 3.84. The first-order valence-corrected chi connectivity index (χ1v) is 8.88. The molecule has 1 aliphatic heterocycles. The fourth-order valence-corrected chi connectivity index (χ4v) is 4.28. The molecule has 0 amide bonds. The molecule has 2 nitrogen and oxygen atoms in total. The van der Waals surface area contributed by atoms with Gasteiger partial charge in [-0.3, -0.25) is 4.90 Å². The molecule has 1 saturated carbocycles. The van der Waals surface area contributed by atoms with Crippen molar-refractivity contribution in [3.05, 3.63) is 35.9 Å². The summed E-state index contributed by atoms with van der Waals surface area (Å²) in [7, 11) is 0. The molecule has 1 saturated heterocycles. The fourth-order valence-electron chi connectivity index (χ4n) is 4.28.